The number of para-hydroxylation sites is 1. The van der Waals surface area contributed by atoms with E-state index in [2.05, 4.69) is 41.5 Å². The Kier molecular flexibility index (Phi) is 4.04. The lowest BCUT2D eigenvalue weighted by molar-refractivity contribution is 0.542. The highest BCUT2D eigenvalue weighted by Gasteiger charge is 2.16. The molecule has 0 aliphatic rings. The van der Waals surface area contributed by atoms with Gasteiger partial charge in [0.2, 0.25) is 0 Å². The minimum absolute atomic E-state index is 0.229. The van der Waals surface area contributed by atoms with Crippen molar-refractivity contribution in [1.29, 1.82) is 0 Å². The quantitative estimate of drug-likeness (QED) is 0.777. The summed E-state index contributed by atoms with van der Waals surface area (Å²) < 4.78 is 1.24. The molecule has 0 aliphatic carbocycles. The molecular formula is C16H17N3S. The molecule has 0 bridgehead atoms. The number of hydrogen-bond acceptors (Lipinski definition) is 4. The van der Waals surface area contributed by atoms with E-state index < -0.39 is 0 Å². The van der Waals surface area contributed by atoms with Gasteiger partial charge in [0.25, 0.3) is 0 Å². The van der Waals surface area contributed by atoms with Crippen molar-refractivity contribution in [1.82, 2.24) is 15.3 Å². The van der Waals surface area contributed by atoms with Crippen LogP contribution in [-0.2, 0) is 6.42 Å². The fourth-order valence-electron chi connectivity index (χ4n) is 2.26. The van der Waals surface area contributed by atoms with E-state index in [1.54, 1.807) is 11.3 Å². The maximum Gasteiger partial charge on any atom is 0.111 e. The zero-order chi connectivity index (χ0) is 13.8. The lowest BCUT2D eigenvalue weighted by Crippen LogP contribution is -2.23. The van der Waals surface area contributed by atoms with Gasteiger partial charge in [-0.3, -0.25) is 4.98 Å². The molecular weight excluding hydrogens is 266 g/mol. The van der Waals surface area contributed by atoms with Gasteiger partial charge in [-0.2, -0.15) is 0 Å². The van der Waals surface area contributed by atoms with Crippen molar-refractivity contribution >= 4 is 21.6 Å². The normalized spacial score (nSPS) is 12.7. The molecule has 3 nitrogen and oxygen atoms in total. The predicted molar refractivity (Wildman–Crippen MR) is 84.0 cm³/mol. The summed E-state index contributed by atoms with van der Waals surface area (Å²) in [5, 5.41) is 4.65. The van der Waals surface area contributed by atoms with Crippen LogP contribution in [0.25, 0.3) is 10.2 Å². The van der Waals surface area contributed by atoms with Crippen LogP contribution in [-0.4, -0.2) is 16.5 Å². The van der Waals surface area contributed by atoms with Crippen molar-refractivity contribution in [2.75, 3.05) is 6.54 Å². The second kappa shape index (κ2) is 6.11. The third-order valence-corrected chi connectivity index (χ3v) is 4.35. The van der Waals surface area contributed by atoms with Crippen LogP contribution in [0.5, 0.6) is 0 Å². The molecule has 0 amide bonds. The van der Waals surface area contributed by atoms with E-state index >= 15 is 0 Å². The van der Waals surface area contributed by atoms with Gasteiger partial charge < -0.3 is 5.32 Å². The molecule has 102 valence electrons. The molecule has 3 aromatic rings. The first-order chi connectivity index (χ1) is 9.86. The molecule has 20 heavy (non-hydrogen) atoms. The van der Waals surface area contributed by atoms with Crippen molar-refractivity contribution < 1.29 is 0 Å². The largest absolute Gasteiger partial charge is 0.308 e. The van der Waals surface area contributed by atoms with E-state index in [9.17, 15) is 0 Å². The van der Waals surface area contributed by atoms with Gasteiger partial charge in [0.05, 0.1) is 16.3 Å². The Hall–Kier alpha value is -1.78. The number of pyridine rings is 1. The molecule has 1 atom stereocenters. The number of thiazole rings is 1. The minimum Gasteiger partial charge on any atom is -0.308 e. The summed E-state index contributed by atoms with van der Waals surface area (Å²) >= 11 is 1.76. The molecule has 1 aromatic carbocycles. The van der Waals surface area contributed by atoms with Crippen LogP contribution in [0.15, 0.2) is 48.7 Å². The van der Waals surface area contributed by atoms with Crippen LogP contribution in [0, 0.1) is 0 Å². The highest BCUT2D eigenvalue weighted by Crippen LogP contribution is 2.27. The summed E-state index contributed by atoms with van der Waals surface area (Å²) in [7, 11) is 0. The van der Waals surface area contributed by atoms with Crippen molar-refractivity contribution in [3.63, 3.8) is 0 Å². The summed E-state index contributed by atoms with van der Waals surface area (Å²) in [6.07, 6.45) is 2.71. The van der Waals surface area contributed by atoms with Crippen LogP contribution in [0.1, 0.15) is 23.7 Å². The van der Waals surface area contributed by atoms with E-state index in [0.29, 0.717) is 0 Å². The zero-order valence-corrected chi connectivity index (χ0v) is 12.2. The van der Waals surface area contributed by atoms with Gasteiger partial charge in [-0.15, -0.1) is 11.3 Å². The zero-order valence-electron chi connectivity index (χ0n) is 11.4. The second-order valence-electron chi connectivity index (χ2n) is 4.66. The standard InChI is InChI=1S/C16H17N3S/c1-2-17-14(11-12-7-5-6-10-18-12)16-19-13-8-3-4-9-15(13)20-16/h3-10,14,17H,2,11H2,1H3. The van der Waals surface area contributed by atoms with Gasteiger partial charge in [-0.05, 0) is 30.8 Å². The third-order valence-electron chi connectivity index (χ3n) is 3.20. The van der Waals surface area contributed by atoms with Crippen LogP contribution >= 0.6 is 11.3 Å². The number of rotatable bonds is 5. The monoisotopic (exact) mass is 283 g/mol. The number of nitrogens with zero attached hydrogens (tertiary/aromatic N) is 2. The Morgan fingerprint density at radius 3 is 2.75 bits per heavy atom. The molecule has 1 N–H and O–H groups in total. The molecule has 4 heteroatoms. The summed E-state index contributed by atoms with van der Waals surface area (Å²) in [5.74, 6) is 0. The Morgan fingerprint density at radius 2 is 2.00 bits per heavy atom. The summed E-state index contributed by atoms with van der Waals surface area (Å²) in [5.41, 5.74) is 2.18. The molecule has 0 aliphatic heterocycles. The maximum atomic E-state index is 4.76. The Labute approximate surface area is 122 Å². The van der Waals surface area contributed by atoms with Gasteiger partial charge in [0, 0.05) is 18.3 Å². The van der Waals surface area contributed by atoms with Gasteiger partial charge in [0.15, 0.2) is 0 Å². The lowest BCUT2D eigenvalue weighted by atomic mass is 10.1. The molecule has 0 radical (unpaired) electrons. The molecule has 0 fully saturated rings. The van der Waals surface area contributed by atoms with Crippen LogP contribution in [0.3, 0.4) is 0 Å². The molecule has 0 saturated carbocycles. The summed E-state index contributed by atoms with van der Waals surface area (Å²) in [6.45, 7) is 3.05. The number of nitrogens with one attached hydrogen (secondary N) is 1. The molecule has 2 heterocycles. The number of fused-ring (bicyclic) bond motifs is 1. The fraction of sp³-hybridized carbons (Fsp3) is 0.250. The Bertz CT molecular complexity index is 645. The number of likely N-dealkylation sites (N-methyl/N-ethyl adjacent to an activating group) is 1. The minimum atomic E-state index is 0.229. The van der Waals surface area contributed by atoms with Crippen LogP contribution in [0.4, 0.5) is 0 Å². The SMILES string of the molecule is CCNC(Cc1ccccn1)c1nc2ccccc2s1. The predicted octanol–water partition coefficient (Wildman–Crippen LogP) is 3.58. The van der Waals surface area contributed by atoms with E-state index in [4.69, 9.17) is 4.98 Å². The van der Waals surface area contributed by atoms with E-state index in [0.717, 1.165) is 29.2 Å². The highest BCUT2D eigenvalue weighted by molar-refractivity contribution is 7.18. The van der Waals surface area contributed by atoms with Crippen LogP contribution < -0.4 is 5.32 Å². The highest BCUT2D eigenvalue weighted by atomic mass is 32.1. The first-order valence-corrected chi connectivity index (χ1v) is 7.67. The second-order valence-corrected chi connectivity index (χ2v) is 5.72. The Balaban J connectivity index is 1.89. The Morgan fingerprint density at radius 1 is 1.15 bits per heavy atom. The maximum absolute atomic E-state index is 4.76. The van der Waals surface area contributed by atoms with Crippen LogP contribution in [0.2, 0.25) is 0 Å². The van der Waals surface area contributed by atoms with Gasteiger partial charge in [0.1, 0.15) is 5.01 Å². The molecule has 2 aromatic heterocycles. The molecule has 0 saturated heterocycles. The lowest BCUT2D eigenvalue weighted by Gasteiger charge is -2.14. The van der Waals surface area contributed by atoms with E-state index in [-0.39, 0.29) is 6.04 Å². The first-order valence-electron chi connectivity index (χ1n) is 6.85. The topological polar surface area (TPSA) is 37.8 Å². The molecule has 0 spiro atoms. The number of benzene rings is 1. The van der Waals surface area contributed by atoms with Crippen molar-refractivity contribution in [2.45, 2.75) is 19.4 Å². The molecule has 3 rings (SSSR count). The smallest absolute Gasteiger partial charge is 0.111 e. The van der Waals surface area contributed by atoms with E-state index in [1.807, 2.05) is 24.4 Å². The fourth-order valence-corrected chi connectivity index (χ4v) is 3.30. The molecule has 1 unspecified atom stereocenters. The summed E-state index contributed by atoms with van der Waals surface area (Å²) in [6, 6.07) is 14.6. The van der Waals surface area contributed by atoms with Gasteiger partial charge in [-0.1, -0.05) is 25.1 Å². The third kappa shape index (κ3) is 2.86. The summed E-state index contributed by atoms with van der Waals surface area (Å²) in [4.78, 5) is 9.17. The van der Waals surface area contributed by atoms with Crippen molar-refractivity contribution in [3.8, 4) is 0 Å². The van der Waals surface area contributed by atoms with Crippen molar-refractivity contribution in [2.24, 2.45) is 0 Å². The average Bonchev–Trinajstić information content (AvgIpc) is 2.92. The number of hydrogen-bond donors (Lipinski definition) is 1. The van der Waals surface area contributed by atoms with E-state index in [1.165, 1.54) is 4.70 Å². The first kappa shape index (κ1) is 13.2. The number of aromatic nitrogens is 2. The average molecular weight is 283 g/mol. The van der Waals surface area contributed by atoms with Gasteiger partial charge in [-0.25, -0.2) is 4.98 Å². The van der Waals surface area contributed by atoms with Crippen molar-refractivity contribution in [3.05, 3.63) is 59.4 Å². The van der Waals surface area contributed by atoms with Gasteiger partial charge >= 0.3 is 0 Å².